The highest BCUT2D eigenvalue weighted by Crippen LogP contribution is 2.23. The van der Waals surface area contributed by atoms with Crippen molar-refractivity contribution in [3.8, 4) is 0 Å². The molecule has 1 atom stereocenters. The predicted molar refractivity (Wildman–Crippen MR) is 70.3 cm³/mol. The molecule has 0 unspecified atom stereocenters. The van der Waals surface area contributed by atoms with E-state index in [-0.39, 0.29) is 12.0 Å². The summed E-state index contributed by atoms with van der Waals surface area (Å²) in [7, 11) is 1.41. The molecule has 0 aliphatic carbocycles. The first kappa shape index (κ1) is 13.6. The molecule has 0 aliphatic heterocycles. The van der Waals surface area contributed by atoms with Gasteiger partial charge in [-0.25, -0.2) is 4.79 Å². The summed E-state index contributed by atoms with van der Waals surface area (Å²) < 4.78 is 4.73. The Morgan fingerprint density at radius 1 is 1.29 bits per heavy atom. The van der Waals surface area contributed by atoms with Gasteiger partial charge in [0.1, 0.15) is 6.04 Å². The topological polar surface area (TPSA) is 38.3 Å². The highest BCUT2D eigenvalue weighted by atomic mass is 16.5. The molecule has 0 saturated heterocycles. The normalized spacial score (nSPS) is 12.0. The molecule has 94 valence electrons. The van der Waals surface area contributed by atoms with Gasteiger partial charge in [0.15, 0.2) is 0 Å². The van der Waals surface area contributed by atoms with Crippen LogP contribution >= 0.6 is 0 Å². The van der Waals surface area contributed by atoms with E-state index in [0.717, 1.165) is 18.5 Å². The Balaban J connectivity index is 2.99. The minimum absolute atomic E-state index is 0.238. The van der Waals surface area contributed by atoms with Crippen molar-refractivity contribution < 1.29 is 9.53 Å². The van der Waals surface area contributed by atoms with E-state index in [1.54, 1.807) is 0 Å². The van der Waals surface area contributed by atoms with Crippen molar-refractivity contribution in [2.24, 2.45) is 0 Å². The summed E-state index contributed by atoms with van der Waals surface area (Å²) >= 11 is 0. The quantitative estimate of drug-likeness (QED) is 0.797. The number of methoxy groups -OCH3 is 1. The molecule has 17 heavy (non-hydrogen) atoms. The van der Waals surface area contributed by atoms with Gasteiger partial charge >= 0.3 is 5.97 Å². The summed E-state index contributed by atoms with van der Waals surface area (Å²) in [4.78, 5) is 11.4. The van der Waals surface area contributed by atoms with Crippen LogP contribution in [0.4, 0.5) is 5.69 Å². The van der Waals surface area contributed by atoms with Crippen LogP contribution in [-0.4, -0.2) is 19.1 Å². The van der Waals surface area contributed by atoms with Crippen molar-refractivity contribution in [2.45, 2.75) is 39.7 Å². The second-order valence-electron chi connectivity index (χ2n) is 4.05. The Morgan fingerprint density at radius 2 is 1.82 bits per heavy atom. The molecule has 0 radical (unpaired) electrons. The average molecular weight is 235 g/mol. The molecule has 1 rings (SSSR count). The highest BCUT2D eigenvalue weighted by Gasteiger charge is 2.15. The summed E-state index contributed by atoms with van der Waals surface area (Å²) in [5.41, 5.74) is 3.55. The number of hydrogen-bond acceptors (Lipinski definition) is 3. The zero-order valence-electron chi connectivity index (χ0n) is 11.0. The van der Waals surface area contributed by atoms with Gasteiger partial charge in [-0.05, 0) is 30.9 Å². The van der Waals surface area contributed by atoms with Crippen LogP contribution in [0.5, 0.6) is 0 Å². The van der Waals surface area contributed by atoms with Crippen LogP contribution in [0.15, 0.2) is 18.2 Å². The number of aryl methyl sites for hydroxylation is 2. The van der Waals surface area contributed by atoms with E-state index in [9.17, 15) is 4.79 Å². The number of hydrogen-bond donors (Lipinski definition) is 1. The van der Waals surface area contributed by atoms with Gasteiger partial charge in [-0.1, -0.05) is 32.0 Å². The SMILES string of the molecule is CCc1cccc(CC)c1N[C@@H](C)C(=O)OC. The van der Waals surface area contributed by atoms with E-state index in [4.69, 9.17) is 4.74 Å². The molecule has 1 aromatic rings. The summed E-state index contributed by atoms with van der Waals surface area (Å²) in [6, 6.07) is 5.92. The van der Waals surface area contributed by atoms with Crippen LogP contribution in [0.3, 0.4) is 0 Å². The van der Waals surface area contributed by atoms with Crippen molar-refractivity contribution in [1.82, 2.24) is 0 Å². The largest absolute Gasteiger partial charge is 0.467 e. The number of para-hydroxylation sites is 1. The number of benzene rings is 1. The van der Waals surface area contributed by atoms with E-state index in [0.29, 0.717) is 0 Å². The van der Waals surface area contributed by atoms with Crippen molar-refractivity contribution in [3.63, 3.8) is 0 Å². The van der Waals surface area contributed by atoms with Crippen molar-refractivity contribution >= 4 is 11.7 Å². The molecule has 0 amide bonds. The summed E-state index contributed by atoms with van der Waals surface area (Å²) in [6.07, 6.45) is 1.90. The molecule has 0 saturated carbocycles. The molecule has 3 nitrogen and oxygen atoms in total. The fraction of sp³-hybridized carbons (Fsp3) is 0.500. The number of rotatable bonds is 5. The second kappa shape index (κ2) is 6.28. The molecule has 0 aromatic heterocycles. The minimum atomic E-state index is -0.321. The number of esters is 1. The second-order valence-corrected chi connectivity index (χ2v) is 4.05. The number of ether oxygens (including phenoxy) is 1. The van der Waals surface area contributed by atoms with Crippen LogP contribution < -0.4 is 5.32 Å². The maximum Gasteiger partial charge on any atom is 0.327 e. The Labute approximate surface area is 103 Å². The van der Waals surface area contributed by atoms with E-state index in [1.165, 1.54) is 18.2 Å². The van der Waals surface area contributed by atoms with Gasteiger partial charge in [0.2, 0.25) is 0 Å². The fourth-order valence-electron chi connectivity index (χ4n) is 1.88. The summed E-state index contributed by atoms with van der Waals surface area (Å²) in [5, 5.41) is 3.26. The van der Waals surface area contributed by atoms with Crippen molar-refractivity contribution in [1.29, 1.82) is 0 Å². The smallest absolute Gasteiger partial charge is 0.327 e. The van der Waals surface area contributed by atoms with Gasteiger partial charge < -0.3 is 10.1 Å². The fourth-order valence-corrected chi connectivity index (χ4v) is 1.88. The molecular weight excluding hydrogens is 214 g/mol. The first-order valence-electron chi connectivity index (χ1n) is 6.09. The lowest BCUT2D eigenvalue weighted by Gasteiger charge is -2.19. The molecule has 0 spiro atoms. The predicted octanol–water partition coefficient (Wildman–Crippen LogP) is 2.78. The lowest BCUT2D eigenvalue weighted by Crippen LogP contribution is -2.28. The standard InChI is InChI=1S/C14H21NO2/c1-5-11-8-7-9-12(6-2)13(11)15-10(3)14(16)17-4/h7-10,15H,5-6H2,1-4H3/t10-/m0/s1. The van der Waals surface area contributed by atoms with Crippen LogP contribution in [-0.2, 0) is 22.4 Å². The number of carbonyl (C=O) groups excluding carboxylic acids is 1. The van der Waals surface area contributed by atoms with E-state index in [1.807, 2.05) is 6.92 Å². The van der Waals surface area contributed by atoms with Gasteiger partial charge in [-0.15, -0.1) is 0 Å². The van der Waals surface area contributed by atoms with Gasteiger partial charge in [0.25, 0.3) is 0 Å². The number of anilines is 1. The average Bonchev–Trinajstić information content (AvgIpc) is 2.37. The minimum Gasteiger partial charge on any atom is -0.467 e. The summed E-state index contributed by atoms with van der Waals surface area (Å²) in [6.45, 7) is 6.04. The van der Waals surface area contributed by atoms with E-state index >= 15 is 0 Å². The van der Waals surface area contributed by atoms with Gasteiger partial charge in [-0.3, -0.25) is 0 Å². The number of carbonyl (C=O) groups is 1. The third kappa shape index (κ3) is 3.22. The van der Waals surface area contributed by atoms with Crippen LogP contribution in [0, 0.1) is 0 Å². The zero-order chi connectivity index (χ0) is 12.8. The monoisotopic (exact) mass is 235 g/mol. The molecule has 0 fully saturated rings. The van der Waals surface area contributed by atoms with E-state index < -0.39 is 0 Å². The Hall–Kier alpha value is -1.51. The highest BCUT2D eigenvalue weighted by molar-refractivity contribution is 5.79. The molecule has 0 heterocycles. The van der Waals surface area contributed by atoms with Crippen LogP contribution in [0.1, 0.15) is 31.9 Å². The van der Waals surface area contributed by atoms with E-state index in [2.05, 4.69) is 37.4 Å². The third-order valence-corrected chi connectivity index (χ3v) is 2.91. The maximum atomic E-state index is 11.4. The molecule has 1 aromatic carbocycles. The molecule has 1 N–H and O–H groups in total. The van der Waals surface area contributed by atoms with Gasteiger partial charge in [0, 0.05) is 5.69 Å². The number of nitrogens with one attached hydrogen (secondary N) is 1. The lowest BCUT2D eigenvalue weighted by atomic mass is 10.0. The molecule has 0 bridgehead atoms. The van der Waals surface area contributed by atoms with Gasteiger partial charge in [-0.2, -0.15) is 0 Å². The summed E-state index contributed by atoms with van der Waals surface area (Å²) in [5.74, 6) is -0.238. The van der Waals surface area contributed by atoms with Gasteiger partial charge in [0.05, 0.1) is 7.11 Å². The molecule has 0 aliphatic rings. The zero-order valence-corrected chi connectivity index (χ0v) is 11.0. The first-order valence-corrected chi connectivity index (χ1v) is 6.09. The van der Waals surface area contributed by atoms with Crippen molar-refractivity contribution in [3.05, 3.63) is 29.3 Å². The van der Waals surface area contributed by atoms with Crippen LogP contribution in [0.25, 0.3) is 0 Å². The van der Waals surface area contributed by atoms with Crippen molar-refractivity contribution in [2.75, 3.05) is 12.4 Å². The Morgan fingerprint density at radius 3 is 2.24 bits per heavy atom. The maximum absolute atomic E-state index is 11.4. The van der Waals surface area contributed by atoms with Crippen LogP contribution in [0.2, 0.25) is 0 Å². The lowest BCUT2D eigenvalue weighted by molar-refractivity contribution is -0.141. The Bertz CT molecular complexity index is 366. The first-order chi connectivity index (χ1) is 8.13. The third-order valence-electron chi connectivity index (χ3n) is 2.91. The molecular formula is C14H21NO2. The Kier molecular flexibility index (Phi) is 5.01. The molecule has 3 heteroatoms.